The lowest BCUT2D eigenvalue weighted by Gasteiger charge is -2.35. The van der Waals surface area contributed by atoms with Gasteiger partial charge in [0.05, 0.1) is 4.47 Å². The third kappa shape index (κ3) is 3.75. The highest BCUT2D eigenvalue weighted by molar-refractivity contribution is 9.10. The van der Waals surface area contributed by atoms with Gasteiger partial charge in [0.2, 0.25) is 0 Å². The Morgan fingerprint density at radius 1 is 1.37 bits per heavy atom. The Balaban J connectivity index is 2.22. The summed E-state index contributed by atoms with van der Waals surface area (Å²) in [6.45, 7) is 3.86. The average molecular weight is 331 g/mol. The molecule has 0 aliphatic carbocycles. The van der Waals surface area contributed by atoms with Crippen molar-refractivity contribution in [1.29, 1.82) is 0 Å². The minimum Gasteiger partial charge on any atom is -0.396 e. The van der Waals surface area contributed by atoms with Crippen molar-refractivity contribution in [1.82, 2.24) is 10.2 Å². The van der Waals surface area contributed by atoms with Crippen molar-refractivity contribution in [2.24, 2.45) is 0 Å². The van der Waals surface area contributed by atoms with Gasteiger partial charge in [-0.25, -0.2) is 4.39 Å². The third-order valence-electron chi connectivity index (χ3n) is 3.57. The molecule has 1 aliphatic rings. The van der Waals surface area contributed by atoms with Gasteiger partial charge in [-0.05, 0) is 34.8 Å². The molecule has 0 bridgehead atoms. The second kappa shape index (κ2) is 7.33. The lowest BCUT2D eigenvalue weighted by atomic mass is 9.99. The van der Waals surface area contributed by atoms with Crippen LogP contribution in [0.1, 0.15) is 24.4 Å². The minimum atomic E-state index is -0.177. The molecule has 1 aliphatic heterocycles. The van der Waals surface area contributed by atoms with E-state index in [1.54, 1.807) is 6.07 Å². The Bertz CT molecular complexity index is 410. The standard InChI is InChI=1S/C14H20BrFN2O/c15-12-4-1-3-11(14(12)16)13(5-2-10-19)18-8-6-17-7-9-18/h1,3-4,13,17,19H,2,5-10H2/t13-/m0/s1. The van der Waals surface area contributed by atoms with Crippen molar-refractivity contribution in [3.8, 4) is 0 Å². The smallest absolute Gasteiger partial charge is 0.142 e. The van der Waals surface area contributed by atoms with Gasteiger partial charge in [0, 0.05) is 44.4 Å². The highest BCUT2D eigenvalue weighted by atomic mass is 79.9. The normalized spacial score (nSPS) is 18.5. The molecule has 0 amide bonds. The van der Waals surface area contributed by atoms with Crippen LogP contribution in [-0.4, -0.2) is 42.8 Å². The first-order valence-electron chi connectivity index (χ1n) is 6.73. The molecule has 3 nitrogen and oxygen atoms in total. The molecule has 1 saturated heterocycles. The molecule has 19 heavy (non-hydrogen) atoms. The first kappa shape index (κ1) is 14.9. The van der Waals surface area contributed by atoms with E-state index < -0.39 is 0 Å². The summed E-state index contributed by atoms with van der Waals surface area (Å²) in [4.78, 5) is 2.30. The number of nitrogens with zero attached hydrogens (tertiary/aromatic N) is 1. The monoisotopic (exact) mass is 330 g/mol. The first-order chi connectivity index (χ1) is 9.24. The van der Waals surface area contributed by atoms with Crippen LogP contribution in [-0.2, 0) is 0 Å². The number of piperazine rings is 1. The number of rotatable bonds is 5. The summed E-state index contributed by atoms with van der Waals surface area (Å²) in [5.74, 6) is -0.177. The van der Waals surface area contributed by atoms with E-state index in [0.29, 0.717) is 10.9 Å². The van der Waals surface area contributed by atoms with Crippen molar-refractivity contribution in [3.05, 3.63) is 34.1 Å². The van der Waals surface area contributed by atoms with E-state index in [-0.39, 0.29) is 18.5 Å². The van der Waals surface area contributed by atoms with Gasteiger partial charge in [-0.2, -0.15) is 0 Å². The van der Waals surface area contributed by atoms with Crippen LogP contribution < -0.4 is 5.32 Å². The molecule has 0 radical (unpaired) electrons. The Kier molecular flexibility index (Phi) is 5.76. The van der Waals surface area contributed by atoms with E-state index in [4.69, 9.17) is 5.11 Å². The van der Waals surface area contributed by atoms with E-state index in [2.05, 4.69) is 26.1 Å². The zero-order chi connectivity index (χ0) is 13.7. The van der Waals surface area contributed by atoms with Gasteiger partial charge in [-0.3, -0.25) is 4.90 Å². The van der Waals surface area contributed by atoms with Crippen LogP contribution in [0.3, 0.4) is 0 Å². The van der Waals surface area contributed by atoms with Gasteiger partial charge in [0.15, 0.2) is 0 Å². The summed E-state index contributed by atoms with van der Waals surface area (Å²) in [5.41, 5.74) is 0.727. The van der Waals surface area contributed by atoms with E-state index in [1.165, 1.54) is 0 Å². The molecule has 106 valence electrons. The second-order valence-electron chi connectivity index (χ2n) is 4.81. The summed E-state index contributed by atoms with van der Waals surface area (Å²) in [6, 6.07) is 5.49. The fourth-order valence-corrected chi connectivity index (χ4v) is 2.97. The molecule has 0 unspecified atom stereocenters. The zero-order valence-corrected chi connectivity index (χ0v) is 12.5. The van der Waals surface area contributed by atoms with Gasteiger partial charge in [-0.15, -0.1) is 0 Å². The molecule has 1 aromatic rings. The third-order valence-corrected chi connectivity index (χ3v) is 4.18. The lowest BCUT2D eigenvalue weighted by Crippen LogP contribution is -2.45. The Morgan fingerprint density at radius 2 is 2.11 bits per heavy atom. The largest absolute Gasteiger partial charge is 0.396 e. The fourth-order valence-electron chi connectivity index (χ4n) is 2.59. The molecule has 0 aromatic heterocycles. The quantitative estimate of drug-likeness (QED) is 0.869. The molecule has 1 fully saturated rings. The van der Waals surface area contributed by atoms with E-state index in [9.17, 15) is 4.39 Å². The van der Waals surface area contributed by atoms with Crippen LogP contribution in [0.5, 0.6) is 0 Å². The topological polar surface area (TPSA) is 35.5 Å². The van der Waals surface area contributed by atoms with Crippen LogP contribution in [0.25, 0.3) is 0 Å². The Labute approximate surface area is 121 Å². The molecule has 0 saturated carbocycles. The lowest BCUT2D eigenvalue weighted by molar-refractivity contribution is 0.151. The van der Waals surface area contributed by atoms with Crippen LogP contribution in [0, 0.1) is 5.82 Å². The van der Waals surface area contributed by atoms with Gasteiger partial charge in [0.1, 0.15) is 5.82 Å². The molecular weight excluding hydrogens is 311 g/mol. The molecule has 0 spiro atoms. The summed E-state index contributed by atoms with van der Waals surface area (Å²) in [7, 11) is 0. The van der Waals surface area contributed by atoms with Crippen molar-refractivity contribution >= 4 is 15.9 Å². The number of nitrogens with one attached hydrogen (secondary N) is 1. The molecular formula is C14H20BrFN2O. The molecule has 1 aromatic carbocycles. The Morgan fingerprint density at radius 3 is 2.79 bits per heavy atom. The summed E-state index contributed by atoms with van der Waals surface area (Å²) < 4.78 is 14.8. The highest BCUT2D eigenvalue weighted by Crippen LogP contribution is 2.31. The van der Waals surface area contributed by atoms with Crippen LogP contribution in [0.15, 0.2) is 22.7 Å². The van der Waals surface area contributed by atoms with Crippen molar-refractivity contribution in [2.45, 2.75) is 18.9 Å². The maximum absolute atomic E-state index is 14.3. The molecule has 1 heterocycles. The van der Waals surface area contributed by atoms with E-state index in [0.717, 1.165) is 38.2 Å². The fraction of sp³-hybridized carbons (Fsp3) is 0.571. The summed E-state index contributed by atoms with van der Waals surface area (Å²) in [6.07, 6.45) is 1.48. The van der Waals surface area contributed by atoms with Crippen LogP contribution >= 0.6 is 15.9 Å². The molecule has 1 atom stereocenters. The van der Waals surface area contributed by atoms with E-state index in [1.807, 2.05) is 12.1 Å². The maximum atomic E-state index is 14.3. The zero-order valence-electron chi connectivity index (χ0n) is 10.9. The van der Waals surface area contributed by atoms with Crippen LogP contribution in [0.4, 0.5) is 4.39 Å². The molecule has 2 N–H and O–H groups in total. The van der Waals surface area contributed by atoms with Gasteiger partial charge in [-0.1, -0.05) is 12.1 Å². The van der Waals surface area contributed by atoms with E-state index >= 15 is 0 Å². The van der Waals surface area contributed by atoms with Crippen molar-refractivity contribution in [3.63, 3.8) is 0 Å². The predicted octanol–water partition coefficient (Wildman–Crippen LogP) is 2.31. The average Bonchev–Trinajstić information content (AvgIpc) is 2.45. The number of aliphatic hydroxyl groups excluding tert-OH is 1. The predicted molar refractivity (Wildman–Crippen MR) is 77.6 cm³/mol. The maximum Gasteiger partial charge on any atom is 0.142 e. The molecule has 5 heteroatoms. The number of halogens is 2. The van der Waals surface area contributed by atoms with Gasteiger partial charge in [0.25, 0.3) is 0 Å². The highest BCUT2D eigenvalue weighted by Gasteiger charge is 2.24. The number of hydrogen-bond acceptors (Lipinski definition) is 3. The van der Waals surface area contributed by atoms with Crippen LogP contribution in [0.2, 0.25) is 0 Å². The first-order valence-corrected chi connectivity index (χ1v) is 7.53. The number of benzene rings is 1. The van der Waals surface area contributed by atoms with Crippen molar-refractivity contribution < 1.29 is 9.50 Å². The van der Waals surface area contributed by atoms with Crippen molar-refractivity contribution in [2.75, 3.05) is 32.8 Å². The summed E-state index contributed by atoms with van der Waals surface area (Å²) >= 11 is 3.25. The number of hydrogen-bond donors (Lipinski definition) is 2. The SMILES string of the molecule is OCCC[C@@H](c1cccc(Br)c1F)N1CCNCC1. The van der Waals surface area contributed by atoms with Gasteiger partial charge < -0.3 is 10.4 Å². The van der Waals surface area contributed by atoms with Gasteiger partial charge >= 0.3 is 0 Å². The minimum absolute atomic E-state index is 0.0479. The number of aliphatic hydroxyl groups is 1. The second-order valence-corrected chi connectivity index (χ2v) is 5.66. The summed E-state index contributed by atoms with van der Waals surface area (Å²) in [5, 5.41) is 12.4. The molecule has 2 rings (SSSR count). The Hall–Kier alpha value is -0.490.